The fraction of sp³-hybridized carbons (Fsp3) is 0.174. The largest absolute Gasteiger partial charge is 0.490 e. The predicted molar refractivity (Wildman–Crippen MR) is 127 cm³/mol. The molecule has 34 heavy (non-hydrogen) atoms. The molecule has 1 aliphatic rings. The lowest BCUT2D eigenvalue weighted by Crippen LogP contribution is -2.16. The highest BCUT2D eigenvalue weighted by Crippen LogP contribution is 2.32. The van der Waals surface area contributed by atoms with Crippen molar-refractivity contribution in [3.8, 4) is 17.6 Å². The highest BCUT2D eigenvalue weighted by atomic mass is 32.2. The minimum absolute atomic E-state index is 0.0117. The van der Waals surface area contributed by atoms with Crippen LogP contribution in [0.5, 0.6) is 11.5 Å². The zero-order chi connectivity index (χ0) is 24.2. The van der Waals surface area contributed by atoms with Crippen LogP contribution in [0.15, 0.2) is 71.6 Å². The molecule has 3 aromatic rings. The Kier molecular flexibility index (Phi) is 6.63. The molecule has 176 valence electrons. The number of hydrogen-bond donors (Lipinski definition) is 2. The molecule has 0 bridgehead atoms. The van der Waals surface area contributed by atoms with Gasteiger partial charge in [0.15, 0.2) is 11.5 Å². The van der Waals surface area contributed by atoms with Crippen LogP contribution in [0.4, 0.5) is 11.4 Å². The molecule has 0 amide bonds. The summed E-state index contributed by atoms with van der Waals surface area (Å²) in [6.45, 7) is 0.932. The van der Waals surface area contributed by atoms with E-state index >= 15 is 0 Å². The Morgan fingerprint density at radius 3 is 2.18 bits per heavy atom. The summed E-state index contributed by atoms with van der Waals surface area (Å²) in [6.07, 6.45) is 0.704. The maximum atomic E-state index is 12.8. The van der Waals surface area contributed by atoms with Gasteiger partial charge in [-0.1, -0.05) is 18.2 Å². The summed E-state index contributed by atoms with van der Waals surface area (Å²) in [7, 11) is -7.70. The van der Waals surface area contributed by atoms with Gasteiger partial charge in [0, 0.05) is 23.9 Å². The van der Waals surface area contributed by atoms with Gasteiger partial charge in [-0.2, -0.15) is 5.26 Å². The van der Waals surface area contributed by atoms with Gasteiger partial charge in [0.05, 0.1) is 35.5 Å². The molecule has 0 spiro atoms. The van der Waals surface area contributed by atoms with Crippen molar-refractivity contribution < 1.29 is 26.3 Å². The molecular weight excluding hydrogens is 478 g/mol. The third kappa shape index (κ3) is 5.59. The van der Waals surface area contributed by atoms with Gasteiger partial charge in [-0.15, -0.1) is 0 Å². The van der Waals surface area contributed by atoms with Crippen molar-refractivity contribution in [2.45, 2.75) is 17.1 Å². The maximum absolute atomic E-state index is 12.8. The second kappa shape index (κ2) is 9.62. The minimum Gasteiger partial charge on any atom is -0.490 e. The molecule has 0 atom stereocenters. The van der Waals surface area contributed by atoms with Gasteiger partial charge in [-0.05, 0) is 48.0 Å². The van der Waals surface area contributed by atoms with Gasteiger partial charge in [-0.3, -0.25) is 9.44 Å². The lowest BCUT2D eigenvalue weighted by atomic mass is 10.1. The standard InChI is InChI=1S/C23H21N3O6S2/c24-15-17-4-1-2-5-18(17)16-33(27,28)25-19-6-8-20(9-7-19)26-34(29,30)21-10-11-22-23(14-21)32-13-3-12-31-22/h1-2,4-11,14,25-26H,3,12-13,16H2. The fourth-order valence-corrected chi connectivity index (χ4v) is 5.61. The van der Waals surface area contributed by atoms with E-state index in [0.29, 0.717) is 36.7 Å². The second-order valence-electron chi connectivity index (χ2n) is 7.47. The van der Waals surface area contributed by atoms with Crippen LogP contribution in [-0.2, 0) is 25.8 Å². The van der Waals surface area contributed by atoms with Gasteiger partial charge in [0.25, 0.3) is 10.0 Å². The Bertz CT molecular complexity index is 1450. The molecule has 0 unspecified atom stereocenters. The zero-order valence-electron chi connectivity index (χ0n) is 17.9. The summed E-state index contributed by atoms with van der Waals surface area (Å²) < 4.78 is 66.6. The Hall–Kier alpha value is -3.75. The second-order valence-corrected chi connectivity index (χ2v) is 10.9. The molecule has 9 nitrogen and oxygen atoms in total. The van der Waals surface area contributed by atoms with E-state index in [-0.39, 0.29) is 27.6 Å². The van der Waals surface area contributed by atoms with Crippen LogP contribution in [0.2, 0.25) is 0 Å². The first kappa shape index (κ1) is 23.4. The van der Waals surface area contributed by atoms with Gasteiger partial charge < -0.3 is 9.47 Å². The molecule has 3 aromatic carbocycles. The Morgan fingerprint density at radius 1 is 0.824 bits per heavy atom. The average Bonchev–Trinajstić information content (AvgIpc) is 3.05. The lowest BCUT2D eigenvalue weighted by molar-refractivity contribution is 0.297. The number of benzene rings is 3. The van der Waals surface area contributed by atoms with Crippen molar-refractivity contribution in [2.24, 2.45) is 0 Å². The number of nitrogens with zero attached hydrogens (tertiary/aromatic N) is 1. The minimum atomic E-state index is -3.91. The number of ether oxygens (including phenoxy) is 2. The Morgan fingerprint density at radius 2 is 1.47 bits per heavy atom. The number of fused-ring (bicyclic) bond motifs is 1. The third-order valence-corrected chi connectivity index (χ3v) is 7.54. The van der Waals surface area contributed by atoms with Crippen LogP contribution >= 0.6 is 0 Å². The smallest absolute Gasteiger partial charge is 0.262 e. The van der Waals surface area contributed by atoms with Crippen LogP contribution in [0.25, 0.3) is 0 Å². The summed E-state index contributed by atoms with van der Waals surface area (Å²) in [5, 5.41) is 9.15. The molecule has 0 saturated heterocycles. The van der Waals surface area contributed by atoms with E-state index in [1.54, 1.807) is 30.3 Å². The SMILES string of the molecule is N#Cc1ccccc1CS(=O)(=O)Nc1ccc(NS(=O)(=O)c2ccc3c(c2)OCCCO3)cc1. The number of hydrogen-bond acceptors (Lipinski definition) is 7. The number of nitriles is 1. The van der Waals surface area contributed by atoms with Crippen LogP contribution in [0.1, 0.15) is 17.5 Å². The summed E-state index contributed by atoms with van der Waals surface area (Å²) in [6, 6.07) is 18.6. The van der Waals surface area contributed by atoms with E-state index in [9.17, 15) is 16.8 Å². The van der Waals surface area contributed by atoms with E-state index in [1.165, 1.54) is 36.4 Å². The number of rotatable bonds is 7. The van der Waals surface area contributed by atoms with E-state index in [1.807, 2.05) is 6.07 Å². The van der Waals surface area contributed by atoms with Crippen molar-refractivity contribution in [1.29, 1.82) is 5.26 Å². The normalized spacial score (nSPS) is 13.4. The van der Waals surface area contributed by atoms with Crippen molar-refractivity contribution in [1.82, 2.24) is 0 Å². The molecule has 0 aromatic heterocycles. The van der Waals surface area contributed by atoms with Crippen LogP contribution < -0.4 is 18.9 Å². The summed E-state index contributed by atoms with van der Waals surface area (Å²) >= 11 is 0. The summed E-state index contributed by atoms with van der Waals surface area (Å²) in [5.41, 5.74) is 1.18. The maximum Gasteiger partial charge on any atom is 0.262 e. The number of anilines is 2. The molecule has 0 radical (unpaired) electrons. The Labute approximate surface area is 198 Å². The van der Waals surface area contributed by atoms with Crippen molar-refractivity contribution >= 4 is 31.4 Å². The first-order valence-electron chi connectivity index (χ1n) is 10.3. The van der Waals surface area contributed by atoms with Crippen LogP contribution in [0, 0.1) is 11.3 Å². The van der Waals surface area contributed by atoms with E-state index in [4.69, 9.17) is 14.7 Å². The van der Waals surface area contributed by atoms with Crippen molar-refractivity contribution in [3.63, 3.8) is 0 Å². The first-order valence-corrected chi connectivity index (χ1v) is 13.4. The monoisotopic (exact) mass is 499 g/mol. The van der Waals surface area contributed by atoms with E-state index in [0.717, 1.165) is 0 Å². The van der Waals surface area contributed by atoms with Gasteiger partial charge >= 0.3 is 0 Å². The van der Waals surface area contributed by atoms with Gasteiger partial charge in [-0.25, -0.2) is 16.8 Å². The summed E-state index contributed by atoms with van der Waals surface area (Å²) in [5.74, 6) is 0.489. The number of sulfonamides is 2. The molecule has 1 heterocycles. The number of nitrogens with one attached hydrogen (secondary N) is 2. The third-order valence-electron chi connectivity index (χ3n) is 4.92. The molecule has 4 rings (SSSR count). The quantitative estimate of drug-likeness (QED) is 0.508. The van der Waals surface area contributed by atoms with Gasteiger partial charge in [0.2, 0.25) is 10.0 Å². The topological polar surface area (TPSA) is 135 Å². The molecule has 0 saturated carbocycles. The lowest BCUT2D eigenvalue weighted by Gasteiger charge is -2.12. The van der Waals surface area contributed by atoms with E-state index in [2.05, 4.69) is 9.44 Å². The molecule has 0 fully saturated rings. The van der Waals surface area contributed by atoms with Crippen molar-refractivity contribution in [2.75, 3.05) is 22.7 Å². The van der Waals surface area contributed by atoms with Crippen molar-refractivity contribution in [3.05, 3.63) is 77.9 Å². The van der Waals surface area contributed by atoms with Gasteiger partial charge in [0.1, 0.15) is 0 Å². The summed E-state index contributed by atoms with van der Waals surface area (Å²) in [4.78, 5) is 0.0117. The first-order chi connectivity index (χ1) is 16.3. The average molecular weight is 500 g/mol. The molecule has 0 aliphatic carbocycles. The predicted octanol–water partition coefficient (Wildman–Crippen LogP) is 3.46. The van der Waals surface area contributed by atoms with Crippen LogP contribution in [0.3, 0.4) is 0 Å². The molecule has 11 heteroatoms. The molecule has 2 N–H and O–H groups in total. The fourth-order valence-electron chi connectivity index (χ4n) is 3.31. The highest BCUT2D eigenvalue weighted by molar-refractivity contribution is 7.92. The molecule has 1 aliphatic heterocycles. The van der Waals surface area contributed by atoms with Crippen LogP contribution in [-0.4, -0.2) is 30.0 Å². The van der Waals surface area contributed by atoms with E-state index < -0.39 is 20.0 Å². The zero-order valence-corrected chi connectivity index (χ0v) is 19.5. The molecular formula is C23H21N3O6S2. The Balaban J connectivity index is 1.45. The highest BCUT2D eigenvalue weighted by Gasteiger charge is 2.19.